The second kappa shape index (κ2) is 9.90. The van der Waals surface area contributed by atoms with E-state index < -0.39 is 0 Å². The first-order chi connectivity index (χ1) is 16.5. The van der Waals surface area contributed by atoms with Gasteiger partial charge in [-0.25, -0.2) is 0 Å². The number of fused-ring (bicyclic) bond motifs is 2. The number of anilines is 1. The van der Waals surface area contributed by atoms with E-state index in [0.29, 0.717) is 30.1 Å². The quantitative estimate of drug-likeness (QED) is 0.511. The van der Waals surface area contributed by atoms with Crippen LogP contribution in [0.2, 0.25) is 5.02 Å². The topological polar surface area (TPSA) is 52.7 Å². The lowest BCUT2D eigenvalue weighted by Crippen LogP contribution is -2.40. The highest BCUT2D eigenvalue weighted by molar-refractivity contribution is 7.10. The fourth-order valence-electron chi connectivity index (χ4n) is 4.96. The van der Waals surface area contributed by atoms with Gasteiger partial charge in [-0.1, -0.05) is 30.7 Å². The zero-order valence-electron chi connectivity index (χ0n) is 19.2. The minimum absolute atomic E-state index is 0.0568. The third-order valence-electron chi connectivity index (χ3n) is 6.83. The Morgan fingerprint density at radius 3 is 2.68 bits per heavy atom. The van der Waals surface area contributed by atoms with Crippen molar-refractivity contribution in [2.75, 3.05) is 24.5 Å². The zero-order chi connectivity index (χ0) is 23.7. The normalized spacial score (nSPS) is 16.1. The van der Waals surface area contributed by atoms with Crippen molar-refractivity contribution in [1.82, 2.24) is 10.2 Å². The lowest BCUT2D eigenvalue weighted by atomic mass is 10.0. The summed E-state index contributed by atoms with van der Waals surface area (Å²) in [5.41, 5.74) is 5.16. The molecule has 34 heavy (non-hydrogen) atoms. The summed E-state index contributed by atoms with van der Waals surface area (Å²) in [6, 6.07) is 15.9. The van der Waals surface area contributed by atoms with Crippen molar-refractivity contribution in [3.8, 4) is 0 Å². The molecule has 5 rings (SSSR count). The van der Waals surface area contributed by atoms with Crippen LogP contribution in [0.3, 0.4) is 0 Å². The van der Waals surface area contributed by atoms with Crippen molar-refractivity contribution in [3.63, 3.8) is 0 Å². The smallest absolute Gasteiger partial charge is 0.251 e. The fraction of sp³-hybridized carbons (Fsp3) is 0.333. The average molecular weight is 494 g/mol. The monoisotopic (exact) mass is 493 g/mol. The van der Waals surface area contributed by atoms with Crippen LogP contribution in [0.15, 0.2) is 53.9 Å². The third kappa shape index (κ3) is 4.63. The number of halogens is 1. The maximum Gasteiger partial charge on any atom is 0.251 e. The maximum atomic E-state index is 13.1. The molecule has 1 aromatic heterocycles. The predicted molar refractivity (Wildman–Crippen MR) is 138 cm³/mol. The Morgan fingerprint density at radius 1 is 1.06 bits per heavy atom. The Balaban J connectivity index is 1.32. The molecule has 0 aliphatic carbocycles. The summed E-state index contributed by atoms with van der Waals surface area (Å²) in [4.78, 5) is 31.0. The minimum atomic E-state index is -0.0877. The molecule has 1 N–H and O–H groups in total. The molecule has 176 valence electrons. The first-order valence-electron chi connectivity index (χ1n) is 11.8. The summed E-state index contributed by atoms with van der Waals surface area (Å²) in [5.74, 6) is 0.0346. The van der Waals surface area contributed by atoms with Crippen molar-refractivity contribution >= 4 is 40.4 Å². The number of amides is 2. The first-order valence-corrected chi connectivity index (χ1v) is 13.1. The summed E-state index contributed by atoms with van der Waals surface area (Å²) in [6.07, 6.45) is 2.30. The van der Waals surface area contributed by atoms with Crippen molar-refractivity contribution in [2.24, 2.45) is 0 Å². The Kier molecular flexibility index (Phi) is 6.73. The number of hydrogen-bond donors (Lipinski definition) is 1. The van der Waals surface area contributed by atoms with E-state index in [9.17, 15) is 9.59 Å². The molecule has 7 heteroatoms. The molecule has 3 aromatic rings. The van der Waals surface area contributed by atoms with Crippen LogP contribution in [0.1, 0.15) is 51.3 Å². The standard InChI is InChI=1S/C27H28ClN3O2S/c1-2-26(32)31-13-9-19-15-20(5-8-23(19)31)27(33)29-16-24(18-3-6-22(28)7-4-18)30-12-10-25-21(17-30)11-14-34-25/h3-8,11,14-15,24H,2,9-10,12-13,16-17H2,1H3,(H,29,33). The van der Waals surface area contributed by atoms with Gasteiger partial charge in [0.1, 0.15) is 0 Å². The lowest BCUT2D eigenvalue weighted by Gasteiger charge is -2.35. The molecule has 2 amide bonds. The molecule has 1 unspecified atom stereocenters. The molecule has 0 saturated heterocycles. The second-order valence-electron chi connectivity index (χ2n) is 8.86. The highest BCUT2D eigenvalue weighted by Gasteiger charge is 2.27. The minimum Gasteiger partial charge on any atom is -0.350 e. The molecule has 3 heterocycles. The van der Waals surface area contributed by atoms with E-state index in [1.165, 1.54) is 10.4 Å². The number of nitrogens with one attached hydrogen (secondary N) is 1. The van der Waals surface area contributed by atoms with Crippen molar-refractivity contribution in [3.05, 3.63) is 86.1 Å². The first kappa shape index (κ1) is 23.1. The number of benzene rings is 2. The van der Waals surface area contributed by atoms with Gasteiger partial charge >= 0.3 is 0 Å². The summed E-state index contributed by atoms with van der Waals surface area (Å²) in [5, 5.41) is 6.04. The molecular weight excluding hydrogens is 466 g/mol. The molecule has 2 aromatic carbocycles. The molecule has 1 atom stereocenters. The van der Waals surface area contributed by atoms with Gasteiger partial charge in [-0.3, -0.25) is 14.5 Å². The Morgan fingerprint density at radius 2 is 1.88 bits per heavy atom. The third-order valence-corrected chi connectivity index (χ3v) is 8.10. The second-order valence-corrected chi connectivity index (χ2v) is 10.3. The van der Waals surface area contributed by atoms with Crippen LogP contribution in [0.5, 0.6) is 0 Å². The van der Waals surface area contributed by atoms with Crippen LogP contribution in [0.4, 0.5) is 5.69 Å². The van der Waals surface area contributed by atoms with E-state index >= 15 is 0 Å². The number of rotatable bonds is 6. The van der Waals surface area contributed by atoms with Crippen molar-refractivity contribution in [1.29, 1.82) is 0 Å². The van der Waals surface area contributed by atoms with Crippen LogP contribution in [0, 0.1) is 0 Å². The van der Waals surface area contributed by atoms with E-state index in [4.69, 9.17) is 11.6 Å². The van der Waals surface area contributed by atoms with Crippen LogP contribution >= 0.6 is 22.9 Å². The van der Waals surface area contributed by atoms with Crippen LogP contribution in [-0.2, 0) is 24.2 Å². The van der Waals surface area contributed by atoms with Gasteiger partial charge in [0, 0.05) is 53.8 Å². The number of hydrogen-bond acceptors (Lipinski definition) is 4. The fourth-order valence-corrected chi connectivity index (χ4v) is 5.98. The highest BCUT2D eigenvalue weighted by atomic mass is 35.5. The van der Waals surface area contributed by atoms with Gasteiger partial charge in [-0.05, 0) is 71.3 Å². The summed E-state index contributed by atoms with van der Waals surface area (Å²) >= 11 is 7.97. The molecule has 0 radical (unpaired) electrons. The molecule has 5 nitrogen and oxygen atoms in total. The molecule has 0 spiro atoms. The van der Waals surface area contributed by atoms with Gasteiger partial charge in [0.05, 0.1) is 6.04 Å². The Labute approximate surface area is 209 Å². The van der Waals surface area contributed by atoms with Crippen molar-refractivity contribution < 1.29 is 9.59 Å². The number of carbonyl (C=O) groups is 2. The average Bonchev–Trinajstić information content (AvgIpc) is 3.50. The van der Waals surface area contributed by atoms with Gasteiger partial charge in [-0.2, -0.15) is 0 Å². The van der Waals surface area contributed by atoms with Crippen molar-refractivity contribution in [2.45, 2.75) is 38.8 Å². The van der Waals surface area contributed by atoms with Gasteiger partial charge in [0.25, 0.3) is 5.91 Å². The Hall–Kier alpha value is -2.67. The van der Waals surface area contributed by atoms with Crippen LogP contribution in [-0.4, -0.2) is 36.3 Å². The number of thiophene rings is 1. The van der Waals surface area contributed by atoms with E-state index in [2.05, 4.69) is 33.8 Å². The summed E-state index contributed by atoms with van der Waals surface area (Å²) in [6.45, 7) is 4.91. The zero-order valence-corrected chi connectivity index (χ0v) is 20.8. The maximum absolute atomic E-state index is 13.1. The van der Waals surface area contributed by atoms with Crippen LogP contribution < -0.4 is 10.2 Å². The molecule has 2 aliphatic heterocycles. The van der Waals surface area contributed by atoms with E-state index in [-0.39, 0.29) is 17.9 Å². The SMILES string of the molecule is CCC(=O)N1CCc2cc(C(=O)NCC(c3ccc(Cl)cc3)N3CCc4sccc4C3)ccc21. The van der Waals surface area contributed by atoms with Gasteiger partial charge < -0.3 is 10.2 Å². The van der Waals surface area contributed by atoms with Gasteiger partial charge in [-0.15, -0.1) is 11.3 Å². The molecule has 0 saturated carbocycles. The van der Waals surface area contributed by atoms with Crippen LogP contribution in [0.25, 0.3) is 0 Å². The highest BCUT2D eigenvalue weighted by Crippen LogP contribution is 2.32. The lowest BCUT2D eigenvalue weighted by molar-refractivity contribution is -0.118. The van der Waals surface area contributed by atoms with E-state index in [1.54, 1.807) is 0 Å². The molecule has 2 aliphatic rings. The molecule has 0 bridgehead atoms. The van der Waals surface area contributed by atoms with Gasteiger partial charge in [0.15, 0.2) is 0 Å². The molecule has 0 fully saturated rings. The summed E-state index contributed by atoms with van der Waals surface area (Å²) < 4.78 is 0. The largest absolute Gasteiger partial charge is 0.350 e. The predicted octanol–water partition coefficient (Wildman–Crippen LogP) is 5.23. The summed E-state index contributed by atoms with van der Waals surface area (Å²) in [7, 11) is 0. The van der Waals surface area contributed by atoms with E-state index in [1.807, 2.05) is 53.5 Å². The van der Waals surface area contributed by atoms with Gasteiger partial charge in [0.2, 0.25) is 5.91 Å². The number of nitrogens with zero attached hydrogens (tertiary/aromatic N) is 2. The number of carbonyl (C=O) groups excluding carboxylic acids is 2. The molecular formula is C27H28ClN3O2S. The van der Waals surface area contributed by atoms with E-state index in [0.717, 1.165) is 42.7 Å². The Bertz CT molecular complexity index is 1210.